The van der Waals surface area contributed by atoms with Crippen LogP contribution >= 0.6 is 0 Å². The average molecular weight is 266 g/mol. The van der Waals surface area contributed by atoms with Crippen LogP contribution in [0.4, 0.5) is 0 Å². The quantitative estimate of drug-likeness (QED) is 0.745. The Morgan fingerprint density at radius 1 is 1.37 bits per heavy atom. The van der Waals surface area contributed by atoms with Crippen molar-refractivity contribution >= 4 is 5.91 Å². The summed E-state index contributed by atoms with van der Waals surface area (Å²) in [6, 6.07) is 5.66. The third kappa shape index (κ3) is 4.79. The molecule has 0 radical (unpaired) electrons. The third-order valence-electron chi connectivity index (χ3n) is 2.57. The van der Waals surface area contributed by atoms with Gasteiger partial charge >= 0.3 is 0 Å². The minimum atomic E-state index is -0.122. The number of hydrogen-bond acceptors (Lipinski definition) is 4. The molecule has 5 heteroatoms. The van der Waals surface area contributed by atoms with Crippen molar-refractivity contribution in [3.63, 3.8) is 0 Å². The Bertz CT molecular complexity index is 408. The first-order valence-electron chi connectivity index (χ1n) is 6.42. The van der Waals surface area contributed by atoms with Gasteiger partial charge in [-0.05, 0) is 19.5 Å². The van der Waals surface area contributed by atoms with Gasteiger partial charge in [-0.2, -0.15) is 0 Å². The fraction of sp³-hybridized carbons (Fsp3) is 0.500. The molecule has 0 saturated carbocycles. The highest BCUT2D eigenvalue weighted by Gasteiger charge is 2.11. The number of benzene rings is 1. The minimum absolute atomic E-state index is 0.00289. The number of carbonyl (C=O) groups is 1. The van der Waals surface area contributed by atoms with Crippen molar-refractivity contribution in [2.75, 3.05) is 27.3 Å². The lowest BCUT2D eigenvalue weighted by Gasteiger charge is -2.14. The van der Waals surface area contributed by atoms with Crippen LogP contribution in [-0.2, 0) is 11.3 Å². The Hall–Kier alpha value is -1.75. The molecule has 2 N–H and O–H groups in total. The molecule has 5 nitrogen and oxygen atoms in total. The number of nitrogens with one attached hydrogen (secondary N) is 2. The van der Waals surface area contributed by atoms with Crippen molar-refractivity contribution in [1.82, 2.24) is 10.6 Å². The van der Waals surface area contributed by atoms with E-state index in [1.165, 1.54) is 0 Å². The zero-order chi connectivity index (χ0) is 14.1. The van der Waals surface area contributed by atoms with E-state index in [0.717, 1.165) is 12.0 Å². The molecule has 0 aliphatic heterocycles. The van der Waals surface area contributed by atoms with Gasteiger partial charge in [0.2, 0.25) is 0 Å². The van der Waals surface area contributed by atoms with Crippen LogP contribution in [0.5, 0.6) is 11.5 Å². The van der Waals surface area contributed by atoms with E-state index in [2.05, 4.69) is 10.6 Å². The zero-order valence-electron chi connectivity index (χ0n) is 11.8. The highest BCUT2D eigenvalue weighted by atomic mass is 16.5. The molecular weight excluding hydrogens is 244 g/mol. The molecule has 1 aromatic carbocycles. The summed E-state index contributed by atoms with van der Waals surface area (Å²) in [5.74, 6) is 1.13. The molecule has 0 aliphatic rings. The monoisotopic (exact) mass is 266 g/mol. The van der Waals surface area contributed by atoms with Crippen LogP contribution in [0.2, 0.25) is 0 Å². The number of methoxy groups -OCH3 is 1. The molecule has 0 spiro atoms. The largest absolute Gasteiger partial charge is 0.493 e. The fourth-order valence-corrected chi connectivity index (χ4v) is 1.67. The standard InChI is InChI=1S/C14H22N2O3/c1-4-8-16-13(17)10-19-14-11(9-15-2)6-5-7-12(14)18-3/h5-7,15H,4,8-10H2,1-3H3,(H,16,17). The molecular formula is C14H22N2O3. The second-order valence-electron chi connectivity index (χ2n) is 4.12. The van der Waals surface area contributed by atoms with Gasteiger partial charge < -0.3 is 20.1 Å². The Balaban J connectivity index is 2.71. The van der Waals surface area contributed by atoms with Crippen LogP contribution < -0.4 is 20.1 Å². The lowest BCUT2D eigenvalue weighted by Crippen LogP contribution is -2.29. The van der Waals surface area contributed by atoms with Crippen molar-refractivity contribution in [2.24, 2.45) is 0 Å². The maximum Gasteiger partial charge on any atom is 0.257 e. The average Bonchev–Trinajstić information content (AvgIpc) is 2.43. The molecule has 0 fully saturated rings. The summed E-state index contributed by atoms with van der Waals surface area (Å²) in [5, 5.41) is 5.83. The molecule has 106 valence electrons. The van der Waals surface area contributed by atoms with Crippen molar-refractivity contribution < 1.29 is 14.3 Å². The second kappa shape index (κ2) is 8.37. The van der Waals surface area contributed by atoms with Gasteiger partial charge in [0.15, 0.2) is 18.1 Å². The Morgan fingerprint density at radius 3 is 2.79 bits per heavy atom. The zero-order valence-corrected chi connectivity index (χ0v) is 11.8. The molecule has 0 unspecified atom stereocenters. The van der Waals surface area contributed by atoms with E-state index in [4.69, 9.17) is 9.47 Å². The van der Waals surface area contributed by atoms with E-state index in [0.29, 0.717) is 24.6 Å². The smallest absolute Gasteiger partial charge is 0.257 e. The van der Waals surface area contributed by atoms with E-state index in [1.807, 2.05) is 32.2 Å². The summed E-state index contributed by atoms with van der Waals surface area (Å²) in [6.45, 7) is 3.32. The minimum Gasteiger partial charge on any atom is -0.493 e. The van der Waals surface area contributed by atoms with Gasteiger partial charge in [0.05, 0.1) is 7.11 Å². The number of rotatable bonds is 8. The van der Waals surface area contributed by atoms with Gasteiger partial charge in [0.25, 0.3) is 5.91 Å². The van der Waals surface area contributed by atoms with Crippen LogP contribution in [-0.4, -0.2) is 33.2 Å². The van der Waals surface area contributed by atoms with Crippen molar-refractivity contribution in [3.05, 3.63) is 23.8 Å². The topological polar surface area (TPSA) is 59.6 Å². The van der Waals surface area contributed by atoms with Gasteiger partial charge in [-0.25, -0.2) is 0 Å². The van der Waals surface area contributed by atoms with E-state index >= 15 is 0 Å². The summed E-state index contributed by atoms with van der Waals surface area (Å²) in [7, 11) is 3.44. The normalized spacial score (nSPS) is 10.1. The van der Waals surface area contributed by atoms with Crippen molar-refractivity contribution in [2.45, 2.75) is 19.9 Å². The molecule has 1 aromatic rings. The summed E-state index contributed by atoms with van der Waals surface area (Å²) in [4.78, 5) is 11.6. The molecule has 0 heterocycles. The van der Waals surface area contributed by atoms with Gasteiger partial charge in [-0.3, -0.25) is 4.79 Å². The molecule has 1 amide bonds. The maximum absolute atomic E-state index is 11.6. The summed E-state index contributed by atoms with van der Waals surface area (Å²) in [6.07, 6.45) is 0.908. The Kier molecular flexibility index (Phi) is 6.74. The third-order valence-corrected chi connectivity index (χ3v) is 2.57. The maximum atomic E-state index is 11.6. The van der Waals surface area contributed by atoms with E-state index in [1.54, 1.807) is 7.11 Å². The van der Waals surface area contributed by atoms with Crippen LogP contribution in [0.25, 0.3) is 0 Å². The first-order chi connectivity index (χ1) is 9.22. The summed E-state index contributed by atoms with van der Waals surface area (Å²) in [5.41, 5.74) is 0.963. The highest BCUT2D eigenvalue weighted by Crippen LogP contribution is 2.30. The number of ether oxygens (including phenoxy) is 2. The Labute approximate surface area is 114 Å². The predicted molar refractivity (Wildman–Crippen MR) is 74.6 cm³/mol. The number of hydrogen-bond donors (Lipinski definition) is 2. The van der Waals surface area contributed by atoms with Crippen molar-refractivity contribution in [3.8, 4) is 11.5 Å². The first kappa shape index (κ1) is 15.3. The van der Waals surface area contributed by atoms with E-state index in [-0.39, 0.29) is 12.5 Å². The number of amides is 1. The molecule has 0 bridgehead atoms. The predicted octanol–water partition coefficient (Wildman–Crippen LogP) is 1.32. The van der Waals surface area contributed by atoms with Gasteiger partial charge in [-0.1, -0.05) is 19.1 Å². The molecule has 1 rings (SSSR count). The number of para-hydroxylation sites is 1. The van der Waals surface area contributed by atoms with E-state index < -0.39 is 0 Å². The molecule has 0 saturated heterocycles. The van der Waals surface area contributed by atoms with Gasteiger partial charge in [0, 0.05) is 18.7 Å². The molecule has 0 atom stereocenters. The number of carbonyl (C=O) groups excluding carboxylic acids is 1. The second-order valence-corrected chi connectivity index (χ2v) is 4.12. The lowest BCUT2D eigenvalue weighted by atomic mass is 10.2. The van der Waals surface area contributed by atoms with Gasteiger partial charge in [-0.15, -0.1) is 0 Å². The SMILES string of the molecule is CCCNC(=O)COc1c(CNC)cccc1OC. The lowest BCUT2D eigenvalue weighted by molar-refractivity contribution is -0.123. The summed E-state index contributed by atoms with van der Waals surface area (Å²) < 4.78 is 10.9. The molecule has 19 heavy (non-hydrogen) atoms. The van der Waals surface area contributed by atoms with Crippen LogP contribution in [0.1, 0.15) is 18.9 Å². The Morgan fingerprint density at radius 2 is 2.16 bits per heavy atom. The molecule has 0 aliphatic carbocycles. The first-order valence-corrected chi connectivity index (χ1v) is 6.42. The van der Waals surface area contributed by atoms with Crippen LogP contribution in [0.3, 0.4) is 0 Å². The van der Waals surface area contributed by atoms with Gasteiger partial charge in [0.1, 0.15) is 0 Å². The van der Waals surface area contributed by atoms with Crippen molar-refractivity contribution in [1.29, 1.82) is 0 Å². The highest BCUT2D eigenvalue weighted by molar-refractivity contribution is 5.77. The fourth-order valence-electron chi connectivity index (χ4n) is 1.67. The molecule has 0 aromatic heterocycles. The van der Waals surface area contributed by atoms with Crippen LogP contribution in [0, 0.1) is 0 Å². The van der Waals surface area contributed by atoms with Crippen LogP contribution in [0.15, 0.2) is 18.2 Å². The van der Waals surface area contributed by atoms with E-state index in [9.17, 15) is 4.79 Å². The summed E-state index contributed by atoms with van der Waals surface area (Å²) >= 11 is 0.